The van der Waals surface area contributed by atoms with E-state index in [-0.39, 0.29) is 12.3 Å². The Kier molecular flexibility index (Phi) is 4.26. The number of fused-ring (bicyclic) bond motifs is 1. The average Bonchev–Trinajstić information content (AvgIpc) is 3.33. The van der Waals surface area contributed by atoms with Crippen molar-refractivity contribution in [1.82, 2.24) is 19.7 Å². The first kappa shape index (κ1) is 16.4. The highest BCUT2D eigenvalue weighted by Crippen LogP contribution is 2.40. The first-order valence-electron chi connectivity index (χ1n) is 8.20. The Bertz CT molecular complexity index is 808. The van der Waals surface area contributed by atoms with Crippen molar-refractivity contribution in [3.05, 3.63) is 23.0 Å². The zero-order chi connectivity index (χ0) is 17.4. The Balaban J connectivity index is 1.94. The second-order valence-electron chi connectivity index (χ2n) is 6.50. The summed E-state index contributed by atoms with van der Waals surface area (Å²) in [6, 6.07) is 1.89. The van der Waals surface area contributed by atoms with Crippen LogP contribution in [0.4, 0.5) is 0 Å². The molecule has 0 atom stereocenters. The van der Waals surface area contributed by atoms with Crippen LogP contribution in [-0.4, -0.2) is 50.2 Å². The number of pyridine rings is 1. The third kappa shape index (κ3) is 3.11. The van der Waals surface area contributed by atoms with Gasteiger partial charge in [0.2, 0.25) is 0 Å². The molecule has 0 saturated heterocycles. The van der Waals surface area contributed by atoms with Crippen LogP contribution in [0.15, 0.2) is 6.07 Å². The van der Waals surface area contributed by atoms with Gasteiger partial charge in [0.15, 0.2) is 5.65 Å². The van der Waals surface area contributed by atoms with Crippen LogP contribution in [0.25, 0.3) is 11.0 Å². The topological polar surface area (TPSA) is 88.3 Å². The average molecular weight is 330 g/mol. The molecule has 2 heterocycles. The first-order valence-corrected chi connectivity index (χ1v) is 8.20. The van der Waals surface area contributed by atoms with Gasteiger partial charge in [0.05, 0.1) is 16.6 Å². The van der Waals surface area contributed by atoms with Crippen molar-refractivity contribution >= 4 is 22.9 Å². The van der Waals surface area contributed by atoms with Crippen LogP contribution < -0.4 is 0 Å². The molecule has 24 heavy (non-hydrogen) atoms. The lowest BCUT2D eigenvalue weighted by Gasteiger charge is -2.18. The van der Waals surface area contributed by atoms with E-state index in [1.54, 1.807) is 16.6 Å². The van der Waals surface area contributed by atoms with Crippen molar-refractivity contribution in [3.8, 4) is 0 Å². The van der Waals surface area contributed by atoms with E-state index in [0.717, 1.165) is 35.3 Å². The summed E-state index contributed by atoms with van der Waals surface area (Å²) in [4.78, 5) is 29.8. The lowest BCUT2D eigenvalue weighted by Crippen LogP contribution is -2.28. The van der Waals surface area contributed by atoms with Crippen molar-refractivity contribution in [2.24, 2.45) is 7.05 Å². The van der Waals surface area contributed by atoms with Crippen molar-refractivity contribution in [2.75, 3.05) is 13.6 Å². The van der Waals surface area contributed by atoms with Crippen LogP contribution in [0, 0.1) is 6.92 Å². The van der Waals surface area contributed by atoms with E-state index in [1.165, 1.54) is 0 Å². The molecule has 0 spiro atoms. The number of carboxylic acid groups (broad SMARTS) is 1. The van der Waals surface area contributed by atoms with E-state index >= 15 is 0 Å². The Morgan fingerprint density at radius 2 is 2.12 bits per heavy atom. The maximum Gasteiger partial charge on any atom is 0.303 e. The highest BCUT2D eigenvalue weighted by atomic mass is 16.4. The van der Waals surface area contributed by atoms with Crippen LogP contribution in [-0.2, 0) is 11.8 Å². The number of aliphatic carboxylic acids is 1. The van der Waals surface area contributed by atoms with E-state index < -0.39 is 5.97 Å². The molecule has 2 aromatic heterocycles. The number of carbonyl (C=O) groups is 2. The van der Waals surface area contributed by atoms with Gasteiger partial charge in [-0.1, -0.05) is 0 Å². The van der Waals surface area contributed by atoms with Gasteiger partial charge >= 0.3 is 5.97 Å². The van der Waals surface area contributed by atoms with E-state index in [1.807, 2.05) is 20.0 Å². The van der Waals surface area contributed by atoms with Crippen molar-refractivity contribution in [3.63, 3.8) is 0 Å². The first-order chi connectivity index (χ1) is 11.4. The van der Waals surface area contributed by atoms with Gasteiger partial charge in [0.25, 0.3) is 5.91 Å². The van der Waals surface area contributed by atoms with Gasteiger partial charge in [0.1, 0.15) is 0 Å². The normalized spacial score (nSPS) is 14.1. The Morgan fingerprint density at radius 3 is 2.75 bits per heavy atom. The van der Waals surface area contributed by atoms with Gasteiger partial charge in [-0.25, -0.2) is 4.98 Å². The Labute approximate surface area is 140 Å². The third-order valence-electron chi connectivity index (χ3n) is 4.45. The summed E-state index contributed by atoms with van der Waals surface area (Å²) in [6.45, 7) is 2.29. The standard InChI is InChI=1S/C17H22N4O3/c1-10-15-12(17(24)20(2)8-4-5-14(22)23)9-13(11-6-7-11)18-16(15)21(3)19-10/h9,11H,4-8H2,1-3H3,(H,22,23). The maximum absolute atomic E-state index is 12.9. The van der Waals surface area contributed by atoms with E-state index in [4.69, 9.17) is 10.1 Å². The molecular formula is C17H22N4O3. The smallest absolute Gasteiger partial charge is 0.303 e. The van der Waals surface area contributed by atoms with Crippen LogP contribution in [0.3, 0.4) is 0 Å². The van der Waals surface area contributed by atoms with Gasteiger partial charge in [-0.05, 0) is 32.3 Å². The summed E-state index contributed by atoms with van der Waals surface area (Å²) in [6.07, 6.45) is 2.71. The van der Waals surface area contributed by atoms with Crippen LogP contribution in [0.2, 0.25) is 0 Å². The van der Waals surface area contributed by atoms with Crippen LogP contribution in [0.5, 0.6) is 0 Å². The number of hydrogen-bond donors (Lipinski definition) is 1. The molecule has 0 aliphatic heterocycles. The van der Waals surface area contributed by atoms with E-state index in [2.05, 4.69) is 5.10 Å². The number of nitrogens with zero attached hydrogens (tertiary/aromatic N) is 4. The molecule has 1 saturated carbocycles. The number of carbonyl (C=O) groups excluding carboxylic acids is 1. The minimum atomic E-state index is -0.846. The summed E-state index contributed by atoms with van der Waals surface area (Å²) >= 11 is 0. The van der Waals surface area contributed by atoms with Crippen LogP contribution in [0.1, 0.15) is 53.3 Å². The monoisotopic (exact) mass is 330 g/mol. The zero-order valence-electron chi connectivity index (χ0n) is 14.2. The lowest BCUT2D eigenvalue weighted by atomic mass is 10.1. The predicted octanol–water partition coefficient (Wildman–Crippen LogP) is 2.09. The maximum atomic E-state index is 12.9. The van der Waals surface area contributed by atoms with E-state index in [0.29, 0.717) is 24.4 Å². The fraction of sp³-hybridized carbons (Fsp3) is 0.529. The molecular weight excluding hydrogens is 308 g/mol. The van der Waals surface area contributed by atoms with Gasteiger partial charge < -0.3 is 10.0 Å². The second kappa shape index (κ2) is 6.22. The minimum absolute atomic E-state index is 0.0582. The highest BCUT2D eigenvalue weighted by molar-refractivity contribution is 6.06. The quantitative estimate of drug-likeness (QED) is 0.876. The Hall–Kier alpha value is -2.44. The van der Waals surface area contributed by atoms with Crippen LogP contribution >= 0.6 is 0 Å². The minimum Gasteiger partial charge on any atom is -0.481 e. The fourth-order valence-electron chi connectivity index (χ4n) is 3.00. The van der Waals surface area contributed by atoms with Crippen molar-refractivity contribution in [1.29, 1.82) is 0 Å². The van der Waals surface area contributed by atoms with Crippen molar-refractivity contribution in [2.45, 2.75) is 38.5 Å². The molecule has 1 aliphatic rings. The molecule has 2 aromatic rings. The van der Waals surface area contributed by atoms with Crippen molar-refractivity contribution < 1.29 is 14.7 Å². The van der Waals surface area contributed by atoms with Gasteiger partial charge in [-0.2, -0.15) is 5.10 Å². The van der Waals surface area contributed by atoms with E-state index in [9.17, 15) is 9.59 Å². The molecule has 1 N–H and O–H groups in total. The molecule has 1 aliphatic carbocycles. The molecule has 1 fully saturated rings. The predicted molar refractivity (Wildman–Crippen MR) is 89.1 cm³/mol. The summed E-state index contributed by atoms with van der Waals surface area (Å²) < 4.78 is 1.72. The number of aromatic nitrogens is 3. The number of hydrogen-bond acceptors (Lipinski definition) is 4. The summed E-state index contributed by atoms with van der Waals surface area (Å²) in [5, 5.41) is 13.9. The number of aryl methyl sites for hydroxylation is 2. The summed E-state index contributed by atoms with van der Waals surface area (Å²) in [7, 11) is 3.54. The molecule has 3 rings (SSSR count). The molecule has 128 valence electrons. The molecule has 0 aromatic carbocycles. The fourth-order valence-corrected chi connectivity index (χ4v) is 3.00. The molecule has 1 amide bonds. The lowest BCUT2D eigenvalue weighted by molar-refractivity contribution is -0.137. The third-order valence-corrected chi connectivity index (χ3v) is 4.45. The highest BCUT2D eigenvalue weighted by Gasteiger charge is 2.29. The molecule has 7 heteroatoms. The second-order valence-corrected chi connectivity index (χ2v) is 6.50. The Morgan fingerprint density at radius 1 is 1.42 bits per heavy atom. The number of carboxylic acids is 1. The summed E-state index contributed by atoms with van der Waals surface area (Å²) in [5.41, 5.74) is 3.09. The largest absolute Gasteiger partial charge is 0.481 e. The molecule has 7 nitrogen and oxygen atoms in total. The molecule has 0 unspecified atom stereocenters. The number of amides is 1. The number of rotatable bonds is 6. The van der Waals surface area contributed by atoms with Gasteiger partial charge in [-0.3, -0.25) is 14.3 Å². The molecule has 0 radical (unpaired) electrons. The molecule has 0 bridgehead atoms. The SMILES string of the molecule is Cc1nn(C)c2nc(C3CC3)cc(C(=O)N(C)CCCC(=O)O)c12. The van der Waals surface area contributed by atoms with Gasteiger partial charge in [-0.15, -0.1) is 0 Å². The summed E-state index contributed by atoms with van der Waals surface area (Å²) in [5.74, 6) is -0.513. The zero-order valence-corrected chi connectivity index (χ0v) is 14.2. The van der Waals surface area contributed by atoms with Gasteiger partial charge in [0, 0.05) is 38.7 Å².